The quantitative estimate of drug-likeness (QED) is 0.691. The fourth-order valence-electron chi connectivity index (χ4n) is 1.36. The average Bonchev–Trinajstić information content (AvgIpc) is 2.49. The highest BCUT2D eigenvalue weighted by molar-refractivity contribution is 5.60. The Kier molecular flexibility index (Phi) is 1.68. The first-order chi connectivity index (χ1) is 5.77. The van der Waals surface area contributed by atoms with Crippen molar-refractivity contribution in [2.24, 2.45) is 0 Å². The zero-order chi connectivity index (χ0) is 8.55. The smallest absolute Gasteiger partial charge is 0.159 e. The number of hydrogen-bond acceptors (Lipinski definition) is 2. The van der Waals surface area contributed by atoms with Gasteiger partial charge in [0, 0.05) is 1.43 Å². The van der Waals surface area contributed by atoms with Crippen molar-refractivity contribution in [1.82, 2.24) is 0 Å². The van der Waals surface area contributed by atoms with E-state index in [0.717, 1.165) is 11.4 Å². The molecule has 0 spiro atoms. The number of nitrogens with one attached hydrogen (secondary N) is 1. The van der Waals surface area contributed by atoms with Gasteiger partial charge in [-0.25, -0.2) is 0 Å². The van der Waals surface area contributed by atoms with E-state index in [1.165, 1.54) is 5.56 Å². The lowest BCUT2D eigenvalue weighted by atomic mass is 10.0. The van der Waals surface area contributed by atoms with Crippen molar-refractivity contribution in [3.05, 3.63) is 23.8 Å². The molecule has 66 valence electrons. The Bertz CT molecular complexity index is 299. The molecule has 12 heavy (non-hydrogen) atoms. The molecule has 2 nitrogen and oxygen atoms in total. The van der Waals surface area contributed by atoms with Crippen molar-refractivity contribution in [2.75, 3.05) is 12.0 Å². The van der Waals surface area contributed by atoms with Crippen LogP contribution in [0.2, 0.25) is 0 Å². The van der Waals surface area contributed by atoms with Crippen LogP contribution in [0.1, 0.15) is 26.8 Å². The first-order valence-corrected chi connectivity index (χ1v) is 4.28. The maximum absolute atomic E-state index is 5.32. The maximum atomic E-state index is 5.32. The van der Waals surface area contributed by atoms with Crippen molar-refractivity contribution in [2.45, 2.75) is 19.8 Å². The lowest BCUT2D eigenvalue weighted by Crippen LogP contribution is -1.96. The lowest BCUT2D eigenvalue weighted by molar-refractivity contribution is 0.372. The van der Waals surface area contributed by atoms with E-state index in [1.54, 1.807) is 0 Å². The fourth-order valence-corrected chi connectivity index (χ4v) is 1.36. The molecule has 1 aliphatic heterocycles. The van der Waals surface area contributed by atoms with Crippen LogP contribution >= 0.6 is 0 Å². The van der Waals surface area contributed by atoms with Gasteiger partial charge in [0.15, 0.2) is 6.73 Å². The van der Waals surface area contributed by atoms with E-state index in [4.69, 9.17) is 4.74 Å². The molecule has 0 radical (unpaired) electrons. The highest BCUT2D eigenvalue weighted by atomic mass is 16.5. The third-order valence-electron chi connectivity index (χ3n) is 2.16. The van der Waals surface area contributed by atoms with Crippen LogP contribution in [-0.2, 0) is 0 Å². The van der Waals surface area contributed by atoms with Crippen LogP contribution in [0.3, 0.4) is 0 Å². The number of hydrogen-bond donors (Lipinski definition) is 1. The van der Waals surface area contributed by atoms with E-state index in [2.05, 4.69) is 31.3 Å². The molecule has 0 saturated carbocycles. The minimum atomic E-state index is 0. The highest BCUT2D eigenvalue weighted by Gasteiger charge is 2.11. The Morgan fingerprint density at radius 3 is 3.08 bits per heavy atom. The highest BCUT2D eigenvalue weighted by Crippen LogP contribution is 2.31. The van der Waals surface area contributed by atoms with Crippen LogP contribution in [0.4, 0.5) is 5.69 Å². The van der Waals surface area contributed by atoms with Gasteiger partial charge in [-0.15, -0.1) is 0 Å². The van der Waals surface area contributed by atoms with Crippen molar-refractivity contribution in [1.29, 1.82) is 0 Å². The summed E-state index contributed by atoms with van der Waals surface area (Å²) in [5.41, 5.74) is 2.48. The zero-order valence-electron chi connectivity index (χ0n) is 7.42. The second-order valence-electron chi connectivity index (χ2n) is 3.38. The van der Waals surface area contributed by atoms with Crippen LogP contribution in [0.5, 0.6) is 5.75 Å². The van der Waals surface area contributed by atoms with Crippen LogP contribution in [0.15, 0.2) is 18.2 Å². The number of ether oxygens (including phenoxy) is 1. The van der Waals surface area contributed by atoms with Gasteiger partial charge < -0.3 is 10.1 Å². The molecule has 0 atom stereocenters. The van der Waals surface area contributed by atoms with Crippen LogP contribution in [-0.4, -0.2) is 6.73 Å². The number of benzene rings is 1. The van der Waals surface area contributed by atoms with E-state index >= 15 is 0 Å². The molecular formula is C10H15NO. The van der Waals surface area contributed by atoms with Gasteiger partial charge in [-0.3, -0.25) is 0 Å². The summed E-state index contributed by atoms with van der Waals surface area (Å²) in [6, 6.07) is 6.31. The minimum absolute atomic E-state index is 0. The van der Waals surface area contributed by atoms with Gasteiger partial charge in [0.25, 0.3) is 0 Å². The normalized spacial score (nSPS) is 13.9. The molecule has 0 saturated heterocycles. The summed E-state index contributed by atoms with van der Waals surface area (Å²) in [6.45, 7) is 4.99. The first-order valence-electron chi connectivity index (χ1n) is 4.28. The summed E-state index contributed by atoms with van der Waals surface area (Å²) < 4.78 is 5.32. The van der Waals surface area contributed by atoms with Gasteiger partial charge in [-0.05, 0) is 23.6 Å². The van der Waals surface area contributed by atoms with Crippen molar-refractivity contribution in [3.63, 3.8) is 0 Å². The molecule has 2 heteroatoms. The zero-order valence-corrected chi connectivity index (χ0v) is 7.42. The Morgan fingerprint density at radius 2 is 2.33 bits per heavy atom. The Morgan fingerprint density at radius 1 is 1.50 bits per heavy atom. The van der Waals surface area contributed by atoms with E-state index in [9.17, 15) is 0 Å². The van der Waals surface area contributed by atoms with Crippen molar-refractivity contribution < 1.29 is 6.16 Å². The Balaban J connectivity index is 0.000000845. The molecule has 0 aliphatic carbocycles. The first kappa shape index (κ1) is 7.47. The second-order valence-corrected chi connectivity index (χ2v) is 3.38. The predicted molar refractivity (Wildman–Crippen MR) is 51.8 cm³/mol. The molecule has 2 rings (SSSR count). The van der Waals surface area contributed by atoms with Gasteiger partial charge in [0.05, 0.1) is 5.69 Å². The predicted octanol–water partition coefficient (Wildman–Crippen LogP) is 2.82. The number of anilines is 1. The van der Waals surface area contributed by atoms with Gasteiger partial charge >= 0.3 is 0 Å². The fraction of sp³-hybridized carbons (Fsp3) is 0.400. The molecule has 1 aromatic rings. The molecule has 1 N–H and O–H groups in total. The number of rotatable bonds is 1. The maximum Gasteiger partial charge on any atom is 0.159 e. The summed E-state index contributed by atoms with van der Waals surface area (Å²) in [7, 11) is 0. The standard InChI is InChI=1S/C10H13NO.H2/c1-7(2)8-3-4-10-9(5-8)11-6-12-10;/h3-5,7,11H,6H2,1-2H3;1H. The van der Waals surface area contributed by atoms with Crippen LogP contribution in [0.25, 0.3) is 0 Å². The third kappa shape index (κ3) is 1.13. The SMILES string of the molecule is CC(C)c1ccc2c(c1)NCO2.[HH]. The average molecular weight is 165 g/mol. The topological polar surface area (TPSA) is 21.3 Å². The molecule has 1 aliphatic rings. The van der Waals surface area contributed by atoms with Crippen LogP contribution in [0, 0.1) is 0 Å². The summed E-state index contributed by atoms with van der Waals surface area (Å²) in [5.74, 6) is 1.55. The molecule has 1 heterocycles. The summed E-state index contributed by atoms with van der Waals surface area (Å²) in [5, 5.41) is 3.17. The Hall–Kier alpha value is -1.18. The molecule has 0 amide bonds. The minimum Gasteiger partial charge on any atom is -0.471 e. The Labute approximate surface area is 74.0 Å². The molecule has 0 bridgehead atoms. The second kappa shape index (κ2) is 2.70. The monoisotopic (exact) mass is 165 g/mol. The van der Waals surface area contributed by atoms with Gasteiger partial charge in [-0.2, -0.15) is 0 Å². The molecule has 1 aromatic carbocycles. The van der Waals surface area contributed by atoms with E-state index in [1.807, 2.05) is 6.07 Å². The summed E-state index contributed by atoms with van der Waals surface area (Å²) in [6.07, 6.45) is 0. The largest absolute Gasteiger partial charge is 0.471 e. The van der Waals surface area contributed by atoms with E-state index in [-0.39, 0.29) is 1.43 Å². The lowest BCUT2D eigenvalue weighted by Gasteiger charge is -2.05. The third-order valence-corrected chi connectivity index (χ3v) is 2.16. The van der Waals surface area contributed by atoms with Crippen LogP contribution < -0.4 is 10.1 Å². The molecule has 0 unspecified atom stereocenters. The van der Waals surface area contributed by atoms with Gasteiger partial charge in [0.2, 0.25) is 0 Å². The number of fused-ring (bicyclic) bond motifs is 1. The molecular weight excluding hydrogens is 150 g/mol. The van der Waals surface area contributed by atoms with Gasteiger partial charge in [-0.1, -0.05) is 19.9 Å². The van der Waals surface area contributed by atoms with Crippen molar-refractivity contribution in [3.8, 4) is 5.75 Å². The van der Waals surface area contributed by atoms with Gasteiger partial charge in [0.1, 0.15) is 5.75 Å². The van der Waals surface area contributed by atoms with E-state index in [0.29, 0.717) is 12.6 Å². The molecule has 0 fully saturated rings. The van der Waals surface area contributed by atoms with E-state index < -0.39 is 0 Å². The van der Waals surface area contributed by atoms with Crippen molar-refractivity contribution >= 4 is 5.69 Å². The molecule has 0 aromatic heterocycles. The summed E-state index contributed by atoms with van der Waals surface area (Å²) >= 11 is 0. The summed E-state index contributed by atoms with van der Waals surface area (Å²) in [4.78, 5) is 0.